The van der Waals surface area contributed by atoms with Crippen molar-refractivity contribution in [3.63, 3.8) is 0 Å². The average molecular weight is 568 g/mol. The molecule has 7 heterocycles. The summed E-state index contributed by atoms with van der Waals surface area (Å²) in [7, 11) is 0. The molecule has 5 atom stereocenters. The summed E-state index contributed by atoms with van der Waals surface area (Å²) in [4.78, 5) is 23.9. The number of nitrogens with one attached hydrogen (secondary N) is 1. The van der Waals surface area contributed by atoms with Gasteiger partial charge in [0.1, 0.15) is 17.5 Å². The molecule has 1 N–H and O–H groups in total. The number of pyridine rings is 1. The maximum absolute atomic E-state index is 9.56. The number of hydrogen-bond acceptors (Lipinski definition) is 11. The molecule has 5 fully saturated rings. The van der Waals surface area contributed by atoms with E-state index < -0.39 is 0 Å². The van der Waals surface area contributed by atoms with Crippen molar-refractivity contribution in [1.82, 2.24) is 25.2 Å². The van der Waals surface area contributed by atoms with E-state index >= 15 is 0 Å². The second-order valence-electron chi connectivity index (χ2n) is 12.5. The number of fused-ring (bicyclic) bond motifs is 1. The van der Waals surface area contributed by atoms with Crippen LogP contribution in [-0.4, -0.2) is 115 Å². The minimum Gasteiger partial charge on any atom is -0.370 e. The van der Waals surface area contributed by atoms with Crippen LogP contribution >= 0.6 is 0 Å². The highest BCUT2D eigenvalue weighted by Crippen LogP contribution is 2.45. The molecule has 3 aromatic rings. The first-order valence-electron chi connectivity index (χ1n) is 15.2. The first-order chi connectivity index (χ1) is 20.5. The number of ether oxygens (including phenoxy) is 2. The van der Waals surface area contributed by atoms with Crippen LogP contribution in [0.1, 0.15) is 18.2 Å². The molecule has 0 saturated carbocycles. The van der Waals surface area contributed by atoms with Crippen LogP contribution in [-0.2, 0) is 9.47 Å². The number of nitriles is 1. The Hall–Kier alpha value is -3.56. The van der Waals surface area contributed by atoms with Gasteiger partial charge < -0.3 is 29.5 Å². The molecule has 42 heavy (non-hydrogen) atoms. The van der Waals surface area contributed by atoms with Gasteiger partial charge in [-0.1, -0.05) is 0 Å². The smallest absolute Gasteiger partial charge is 0.227 e. The van der Waals surface area contributed by atoms with Gasteiger partial charge in [-0.15, -0.1) is 0 Å². The van der Waals surface area contributed by atoms with E-state index in [4.69, 9.17) is 19.4 Å². The number of benzene rings is 1. The number of nitrogens with zero attached hydrogens (tertiary/aromatic N) is 8. The van der Waals surface area contributed by atoms with E-state index in [0.29, 0.717) is 17.6 Å². The Labute approximate surface area is 246 Å². The van der Waals surface area contributed by atoms with Gasteiger partial charge in [-0.25, -0.2) is 4.98 Å². The largest absolute Gasteiger partial charge is 0.370 e. The van der Waals surface area contributed by atoms with E-state index in [0.717, 1.165) is 99.6 Å². The van der Waals surface area contributed by atoms with E-state index in [9.17, 15) is 5.26 Å². The van der Waals surface area contributed by atoms with Gasteiger partial charge in [-0.2, -0.15) is 10.2 Å². The Morgan fingerprint density at radius 2 is 1.93 bits per heavy atom. The summed E-state index contributed by atoms with van der Waals surface area (Å²) >= 11 is 0. The topological polar surface area (TPSA) is 106 Å². The standard InChI is InChI=1S/C31H37N9O2/c1-20-12-28(36-30(34-20)40-17-26-31(19-40)27(35-26)18-41-31)38-10-8-37(9-11-38)15-23-16-39(14-21(2)42-23)25-6-5-22(13-32)29-24(25)4-3-7-33-29/h3-7,12,21,23,26-27,35H,8-11,14-19H2,1-2H3/t21-,23+,26-,27+,31?/m1/s1. The molecule has 1 unspecified atom stereocenters. The van der Waals surface area contributed by atoms with Crippen LogP contribution in [0.2, 0.25) is 0 Å². The molecular weight excluding hydrogens is 530 g/mol. The van der Waals surface area contributed by atoms with E-state index in [2.05, 4.69) is 68.0 Å². The van der Waals surface area contributed by atoms with Crippen molar-refractivity contribution in [1.29, 1.82) is 5.26 Å². The zero-order chi connectivity index (χ0) is 28.4. The Kier molecular flexibility index (Phi) is 6.23. The molecule has 2 aromatic heterocycles. The van der Waals surface area contributed by atoms with Gasteiger partial charge >= 0.3 is 0 Å². The molecular formula is C31H37N9O2. The summed E-state index contributed by atoms with van der Waals surface area (Å²) in [5.41, 5.74) is 3.49. The van der Waals surface area contributed by atoms with E-state index in [1.165, 1.54) is 0 Å². The van der Waals surface area contributed by atoms with Gasteiger partial charge in [0.05, 0.1) is 48.5 Å². The third-order valence-corrected chi connectivity index (χ3v) is 9.75. The van der Waals surface area contributed by atoms with Gasteiger partial charge in [0.15, 0.2) is 0 Å². The van der Waals surface area contributed by atoms with E-state index in [-0.39, 0.29) is 17.8 Å². The minimum absolute atomic E-state index is 0.0166. The number of hydrogen-bond donors (Lipinski definition) is 1. The van der Waals surface area contributed by atoms with Crippen LogP contribution in [0.4, 0.5) is 17.5 Å². The number of aryl methyl sites for hydroxylation is 1. The van der Waals surface area contributed by atoms with Crippen molar-refractivity contribution in [2.75, 3.05) is 80.2 Å². The van der Waals surface area contributed by atoms with Crippen molar-refractivity contribution >= 4 is 28.4 Å². The molecule has 1 spiro atoms. The number of anilines is 3. The van der Waals surface area contributed by atoms with Crippen LogP contribution in [0.25, 0.3) is 10.9 Å². The number of morpholine rings is 2. The van der Waals surface area contributed by atoms with Crippen LogP contribution in [0.15, 0.2) is 36.5 Å². The molecule has 0 amide bonds. The number of piperazine rings is 1. The predicted octanol–water partition coefficient (Wildman–Crippen LogP) is 1.55. The van der Waals surface area contributed by atoms with Crippen molar-refractivity contribution in [3.05, 3.63) is 47.8 Å². The summed E-state index contributed by atoms with van der Waals surface area (Å²) < 4.78 is 12.4. The van der Waals surface area contributed by atoms with Crippen molar-refractivity contribution in [2.45, 2.75) is 43.7 Å². The highest BCUT2D eigenvalue weighted by molar-refractivity contribution is 5.95. The molecule has 11 heteroatoms. The third kappa shape index (κ3) is 4.28. The van der Waals surface area contributed by atoms with E-state index in [1.807, 2.05) is 12.1 Å². The van der Waals surface area contributed by atoms with Crippen molar-refractivity contribution < 1.29 is 9.47 Å². The second-order valence-corrected chi connectivity index (χ2v) is 12.5. The van der Waals surface area contributed by atoms with Crippen LogP contribution in [0.5, 0.6) is 0 Å². The van der Waals surface area contributed by atoms with Gasteiger partial charge in [-0.05, 0) is 38.1 Å². The highest BCUT2D eigenvalue weighted by atomic mass is 16.5. The van der Waals surface area contributed by atoms with Crippen LogP contribution in [0, 0.1) is 18.3 Å². The third-order valence-electron chi connectivity index (χ3n) is 9.75. The van der Waals surface area contributed by atoms with Crippen molar-refractivity contribution in [2.24, 2.45) is 0 Å². The first-order valence-corrected chi connectivity index (χ1v) is 15.2. The van der Waals surface area contributed by atoms with Gasteiger partial charge in [0.25, 0.3) is 0 Å². The fourth-order valence-corrected chi connectivity index (χ4v) is 7.56. The molecule has 1 aromatic carbocycles. The monoisotopic (exact) mass is 567 g/mol. The van der Waals surface area contributed by atoms with Gasteiger partial charge in [-0.3, -0.25) is 9.88 Å². The van der Waals surface area contributed by atoms with E-state index in [1.54, 1.807) is 6.20 Å². The molecule has 5 aliphatic heterocycles. The molecule has 5 aliphatic rings. The Morgan fingerprint density at radius 3 is 2.69 bits per heavy atom. The molecule has 5 saturated heterocycles. The molecule has 218 valence electrons. The maximum Gasteiger partial charge on any atom is 0.227 e. The Balaban J connectivity index is 0.916. The quantitative estimate of drug-likeness (QED) is 0.486. The predicted molar refractivity (Wildman–Crippen MR) is 160 cm³/mol. The summed E-state index contributed by atoms with van der Waals surface area (Å²) in [5.74, 6) is 1.84. The Morgan fingerprint density at radius 1 is 1.05 bits per heavy atom. The lowest BCUT2D eigenvalue weighted by atomic mass is 9.76. The second kappa shape index (κ2) is 10.0. The molecule has 0 bridgehead atoms. The average Bonchev–Trinajstić information content (AvgIpc) is 3.37. The maximum atomic E-state index is 9.56. The zero-order valence-electron chi connectivity index (χ0n) is 24.2. The lowest BCUT2D eigenvalue weighted by Gasteiger charge is -2.59. The summed E-state index contributed by atoms with van der Waals surface area (Å²) in [6.45, 7) is 13.1. The number of aromatic nitrogens is 3. The number of rotatable bonds is 5. The zero-order valence-corrected chi connectivity index (χ0v) is 24.2. The minimum atomic E-state index is -0.0166. The lowest BCUT2D eigenvalue weighted by Crippen LogP contribution is -2.84. The first kappa shape index (κ1) is 26.1. The van der Waals surface area contributed by atoms with Gasteiger partial charge in [0, 0.05) is 81.4 Å². The van der Waals surface area contributed by atoms with Gasteiger partial charge in [0.2, 0.25) is 5.95 Å². The SMILES string of the molecule is Cc1cc(N2CCN(C[C@H]3CN(c4ccc(C#N)c5ncccc45)C[C@@H](C)O3)CC2)nc(N2C[C@H]3N[C@H]4COC43C2)n1. The Bertz CT molecular complexity index is 1550. The molecule has 11 nitrogen and oxygen atoms in total. The molecule has 8 rings (SSSR count). The highest BCUT2D eigenvalue weighted by Gasteiger charge is 2.67. The van der Waals surface area contributed by atoms with Crippen LogP contribution < -0.4 is 20.0 Å². The summed E-state index contributed by atoms with van der Waals surface area (Å²) in [6, 6.07) is 13.2. The summed E-state index contributed by atoms with van der Waals surface area (Å²) in [5, 5.41) is 14.2. The normalized spacial score (nSPS) is 30.8. The molecule has 0 aliphatic carbocycles. The summed E-state index contributed by atoms with van der Waals surface area (Å²) in [6.07, 6.45) is 1.98. The fourth-order valence-electron chi connectivity index (χ4n) is 7.56. The molecule has 0 radical (unpaired) electrons. The lowest BCUT2D eigenvalue weighted by molar-refractivity contribution is -0.233. The van der Waals surface area contributed by atoms with Crippen LogP contribution in [0.3, 0.4) is 0 Å². The fraction of sp³-hybridized carbons (Fsp3) is 0.548. The van der Waals surface area contributed by atoms with Crippen molar-refractivity contribution in [3.8, 4) is 6.07 Å².